The molecule has 2 amide bonds. The zero-order chi connectivity index (χ0) is 12.8. The number of hydrogen-bond donors (Lipinski definition) is 3. The molecule has 0 aromatic carbocycles. The van der Waals surface area contributed by atoms with Crippen LogP contribution in [0.25, 0.3) is 0 Å². The first-order valence-corrected chi connectivity index (χ1v) is 5.28. The van der Waals surface area contributed by atoms with E-state index in [1.165, 1.54) is 0 Å². The fourth-order valence-electron chi connectivity index (χ4n) is 0.834. The molecule has 1 unspecified atom stereocenters. The zero-order valence-corrected chi connectivity index (χ0v) is 10.5. The summed E-state index contributed by atoms with van der Waals surface area (Å²) in [4.78, 5) is 22.7. The molecule has 0 fully saturated rings. The quantitative estimate of drug-likeness (QED) is 0.617. The maximum Gasteiger partial charge on any atom is 0.408 e. The van der Waals surface area contributed by atoms with E-state index in [4.69, 9.17) is 4.74 Å². The average molecular weight is 231 g/mol. The van der Waals surface area contributed by atoms with Crippen LogP contribution in [0.1, 0.15) is 34.6 Å². The van der Waals surface area contributed by atoms with Crippen molar-refractivity contribution in [3.05, 3.63) is 0 Å². The number of hydrazine groups is 1. The zero-order valence-electron chi connectivity index (χ0n) is 10.5. The minimum Gasteiger partial charge on any atom is -0.444 e. The van der Waals surface area contributed by atoms with Gasteiger partial charge in [-0.25, -0.2) is 10.2 Å². The maximum absolute atomic E-state index is 11.4. The number of alkyl carbamates (subject to hydrolysis) is 1. The van der Waals surface area contributed by atoms with Gasteiger partial charge in [0.1, 0.15) is 11.6 Å². The van der Waals surface area contributed by atoms with Crippen molar-refractivity contribution in [2.45, 2.75) is 46.3 Å². The summed E-state index contributed by atoms with van der Waals surface area (Å²) in [6.45, 7) is 9.33. The van der Waals surface area contributed by atoms with Gasteiger partial charge in [0.25, 0.3) is 5.91 Å². The molecule has 0 aliphatic rings. The average Bonchev–Trinajstić information content (AvgIpc) is 2.10. The first-order chi connectivity index (χ1) is 7.26. The van der Waals surface area contributed by atoms with E-state index in [1.54, 1.807) is 27.7 Å². The highest BCUT2D eigenvalue weighted by Gasteiger charge is 2.20. The van der Waals surface area contributed by atoms with E-state index in [-0.39, 0.29) is 5.91 Å². The van der Waals surface area contributed by atoms with Crippen LogP contribution in [0.5, 0.6) is 0 Å². The van der Waals surface area contributed by atoms with Gasteiger partial charge in [-0.3, -0.25) is 10.2 Å². The SMILES string of the molecule is CCNNC(=O)C(C)NC(=O)OC(C)(C)C. The number of hydrogen-bond acceptors (Lipinski definition) is 4. The predicted molar refractivity (Wildman–Crippen MR) is 60.7 cm³/mol. The molecule has 0 saturated heterocycles. The van der Waals surface area contributed by atoms with Gasteiger partial charge in [-0.05, 0) is 27.7 Å². The molecule has 16 heavy (non-hydrogen) atoms. The summed E-state index contributed by atoms with van der Waals surface area (Å²) in [5, 5.41) is 2.43. The van der Waals surface area contributed by atoms with Gasteiger partial charge in [0.05, 0.1) is 0 Å². The van der Waals surface area contributed by atoms with E-state index < -0.39 is 17.7 Å². The Morgan fingerprint density at radius 2 is 1.88 bits per heavy atom. The third-order valence-electron chi connectivity index (χ3n) is 1.51. The molecule has 0 heterocycles. The van der Waals surface area contributed by atoms with Gasteiger partial charge >= 0.3 is 6.09 Å². The lowest BCUT2D eigenvalue weighted by atomic mass is 10.2. The number of amides is 2. The number of rotatable bonds is 4. The molecular formula is C10H21N3O3. The van der Waals surface area contributed by atoms with Gasteiger partial charge in [0.15, 0.2) is 0 Å². The molecule has 0 radical (unpaired) electrons. The number of carbonyl (C=O) groups is 2. The highest BCUT2D eigenvalue weighted by molar-refractivity contribution is 5.84. The number of carbonyl (C=O) groups excluding carboxylic acids is 2. The Hall–Kier alpha value is -1.30. The largest absolute Gasteiger partial charge is 0.444 e. The third kappa shape index (κ3) is 7.05. The second kappa shape index (κ2) is 6.32. The molecule has 0 aliphatic heterocycles. The lowest BCUT2D eigenvalue weighted by molar-refractivity contribution is -0.123. The first kappa shape index (κ1) is 14.7. The van der Waals surface area contributed by atoms with Crippen LogP contribution in [0, 0.1) is 0 Å². The van der Waals surface area contributed by atoms with Crippen LogP contribution in [-0.2, 0) is 9.53 Å². The van der Waals surface area contributed by atoms with Gasteiger partial charge in [0, 0.05) is 6.54 Å². The van der Waals surface area contributed by atoms with Crippen molar-refractivity contribution in [1.82, 2.24) is 16.2 Å². The second-order valence-corrected chi connectivity index (χ2v) is 4.39. The van der Waals surface area contributed by atoms with Crippen molar-refractivity contribution in [3.63, 3.8) is 0 Å². The van der Waals surface area contributed by atoms with Crippen molar-refractivity contribution in [1.29, 1.82) is 0 Å². The van der Waals surface area contributed by atoms with E-state index in [0.29, 0.717) is 6.54 Å². The highest BCUT2D eigenvalue weighted by Crippen LogP contribution is 2.06. The van der Waals surface area contributed by atoms with Gasteiger partial charge in [-0.2, -0.15) is 0 Å². The van der Waals surface area contributed by atoms with Crippen molar-refractivity contribution >= 4 is 12.0 Å². The number of nitrogens with one attached hydrogen (secondary N) is 3. The monoisotopic (exact) mass is 231 g/mol. The van der Waals surface area contributed by atoms with Crippen LogP contribution < -0.4 is 16.2 Å². The summed E-state index contributed by atoms with van der Waals surface area (Å²) >= 11 is 0. The molecule has 6 heteroatoms. The minimum atomic E-state index is -0.645. The molecule has 0 aromatic rings. The number of ether oxygens (including phenoxy) is 1. The molecule has 94 valence electrons. The summed E-state index contributed by atoms with van der Waals surface area (Å²) in [5.74, 6) is -0.312. The van der Waals surface area contributed by atoms with Crippen molar-refractivity contribution in [2.75, 3.05) is 6.54 Å². The Morgan fingerprint density at radius 3 is 2.31 bits per heavy atom. The van der Waals surface area contributed by atoms with Crippen LogP contribution in [0.3, 0.4) is 0 Å². The normalized spacial score (nSPS) is 12.8. The Bertz CT molecular complexity index is 248. The van der Waals surface area contributed by atoms with Gasteiger partial charge in [-0.15, -0.1) is 0 Å². The smallest absolute Gasteiger partial charge is 0.408 e. The Morgan fingerprint density at radius 1 is 1.31 bits per heavy atom. The summed E-state index contributed by atoms with van der Waals surface area (Å²) in [5.41, 5.74) is 4.53. The standard InChI is InChI=1S/C10H21N3O3/c1-6-11-13-8(14)7(2)12-9(15)16-10(3,4)5/h7,11H,6H2,1-5H3,(H,12,15)(H,13,14). The maximum atomic E-state index is 11.4. The van der Waals surface area contributed by atoms with Gasteiger partial charge in [0.2, 0.25) is 0 Å². The fraction of sp³-hybridized carbons (Fsp3) is 0.800. The molecule has 6 nitrogen and oxygen atoms in total. The van der Waals surface area contributed by atoms with Crippen LogP contribution in [-0.4, -0.2) is 30.2 Å². The van der Waals surface area contributed by atoms with Crippen LogP contribution >= 0.6 is 0 Å². The van der Waals surface area contributed by atoms with Crippen LogP contribution in [0.15, 0.2) is 0 Å². The third-order valence-corrected chi connectivity index (χ3v) is 1.51. The topological polar surface area (TPSA) is 79.5 Å². The Balaban J connectivity index is 3.99. The van der Waals surface area contributed by atoms with E-state index in [9.17, 15) is 9.59 Å². The van der Waals surface area contributed by atoms with Crippen LogP contribution in [0.2, 0.25) is 0 Å². The summed E-state index contributed by atoms with van der Waals surface area (Å²) in [7, 11) is 0. The first-order valence-electron chi connectivity index (χ1n) is 5.28. The molecule has 3 N–H and O–H groups in total. The van der Waals surface area contributed by atoms with Gasteiger partial charge < -0.3 is 10.1 Å². The lowest BCUT2D eigenvalue weighted by Gasteiger charge is -2.21. The minimum absolute atomic E-state index is 0.312. The Labute approximate surface area is 96.1 Å². The fourth-order valence-corrected chi connectivity index (χ4v) is 0.834. The molecule has 0 aliphatic carbocycles. The van der Waals surface area contributed by atoms with Crippen molar-refractivity contribution < 1.29 is 14.3 Å². The summed E-state index contributed by atoms with van der Waals surface area (Å²) in [6, 6.07) is -0.645. The van der Waals surface area contributed by atoms with E-state index >= 15 is 0 Å². The summed E-state index contributed by atoms with van der Waals surface area (Å²) < 4.78 is 5.01. The van der Waals surface area contributed by atoms with E-state index in [2.05, 4.69) is 16.2 Å². The van der Waals surface area contributed by atoms with Crippen molar-refractivity contribution in [3.8, 4) is 0 Å². The highest BCUT2D eigenvalue weighted by atomic mass is 16.6. The van der Waals surface area contributed by atoms with Crippen LogP contribution in [0.4, 0.5) is 4.79 Å². The Kier molecular flexibility index (Phi) is 5.81. The molecule has 0 aromatic heterocycles. The van der Waals surface area contributed by atoms with E-state index in [1.807, 2.05) is 6.92 Å². The molecular weight excluding hydrogens is 210 g/mol. The lowest BCUT2D eigenvalue weighted by Crippen LogP contribution is -2.50. The predicted octanol–water partition coefficient (Wildman–Crippen LogP) is 0.540. The van der Waals surface area contributed by atoms with Gasteiger partial charge in [-0.1, -0.05) is 6.92 Å². The second-order valence-electron chi connectivity index (χ2n) is 4.39. The van der Waals surface area contributed by atoms with Crippen molar-refractivity contribution in [2.24, 2.45) is 0 Å². The molecule has 0 saturated carbocycles. The molecule has 1 atom stereocenters. The molecule has 0 rings (SSSR count). The van der Waals surface area contributed by atoms with E-state index in [0.717, 1.165) is 0 Å². The molecule has 0 spiro atoms. The summed E-state index contributed by atoms with van der Waals surface area (Å²) in [6.07, 6.45) is -0.605. The molecule has 0 bridgehead atoms.